The molecule has 16 nitrogen and oxygen atoms in total. The topological polar surface area (TPSA) is 300 Å². The number of nitrogens with zero attached hydrogens (tertiary/aromatic N) is 2. The van der Waals surface area contributed by atoms with E-state index in [9.17, 15) is 29.4 Å². The Hall–Kier alpha value is -5.38. The van der Waals surface area contributed by atoms with E-state index in [4.69, 9.17) is 28.7 Å². The molecule has 3 amide bonds. The van der Waals surface area contributed by atoms with Crippen LogP contribution < -0.4 is 44.6 Å². The van der Waals surface area contributed by atoms with Crippen LogP contribution in [0.3, 0.4) is 0 Å². The first-order valence-electron chi connectivity index (χ1n) is 15.5. The molecule has 0 saturated carbocycles. The van der Waals surface area contributed by atoms with Crippen LogP contribution in [0.15, 0.2) is 52.4 Å². The van der Waals surface area contributed by atoms with E-state index in [2.05, 4.69) is 25.9 Å². The molecule has 0 aliphatic rings. The number of nitrogens with one attached hydrogen (secondary N) is 3. The molecule has 0 aliphatic carbocycles. The van der Waals surface area contributed by atoms with Gasteiger partial charge in [-0.25, -0.2) is 4.79 Å². The number of aliphatic imine (C=N–C) groups is 2. The molecule has 0 radical (unpaired) electrons. The van der Waals surface area contributed by atoms with E-state index in [-0.39, 0.29) is 56.4 Å². The van der Waals surface area contributed by atoms with Crippen LogP contribution in [-0.4, -0.2) is 83.1 Å². The molecule has 0 heterocycles. The van der Waals surface area contributed by atoms with Gasteiger partial charge in [0.05, 0.1) is 6.04 Å². The number of carbonyl (C=O) groups is 4. The number of phenols is 1. The summed E-state index contributed by atoms with van der Waals surface area (Å²) in [5.74, 6) is -3.48. The Bertz CT molecular complexity index is 1440. The number of nitrogens with two attached hydrogens (primary N) is 5. The van der Waals surface area contributed by atoms with Crippen molar-refractivity contribution in [2.75, 3.05) is 13.1 Å². The predicted molar refractivity (Wildman–Crippen MR) is 183 cm³/mol. The predicted octanol–water partition coefficient (Wildman–Crippen LogP) is -1.23. The minimum atomic E-state index is -1.35. The van der Waals surface area contributed by atoms with Crippen molar-refractivity contribution in [2.45, 2.75) is 76.5 Å². The van der Waals surface area contributed by atoms with Crippen molar-refractivity contribution in [3.63, 3.8) is 0 Å². The van der Waals surface area contributed by atoms with Gasteiger partial charge in [0.1, 0.15) is 23.9 Å². The van der Waals surface area contributed by atoms with Crippen molar-refractivity contribution < 1.29 is 29.4 Å². The molecule has 0 aromatic heterocycles. The van der Waals surface area contributed by atoms with E-state index in [1.807, 2.05) is 0 Å². The first kappa shape index (κ1) is 38.8. The summed E-state index contributed by atoms with van der Waals surface area (Å²) >= 11 is 0. The lowest BCUT2D eigenvalue weighted by Gasteiger charge is -2.26. The van der Waals surface area contributed by atoms with E-state index >= 15 is 0 Å². The maximum Gasteiger partial charge on any atom is 0.326 e. The molecule has 15 N–H and O–H groups in total. The van der Waals surface area contributed by atoms with Crippen LogP contribution in [0, 0.1) is 13.8 Å². The van der Waals surface area contributed by atoms with Crippen molar-refractivity contribution in [3.05, 3.63) is 64.7 Å². The third-order valence-corrected chi connectivity index (χ3v) is 7.50. The number of aryl methyl sites for hydroxylation is 2. The van der Waals surface area contributed by atoms with Gasteiger partial charge >= 0.3 is 5.97 Å². The molecule has 16 heteroatoms. The number of carboxylic acids is 1. The highest BCUT2D eigenvalue weighted by atomic mass is 16.4. The Morgan fingerprint density at radius 3 is 1.77 bits per heavy atom. The molecular formula is C32H48N10O6. The number of guanidine groups is 2. The molecule has 2 aromatic carbocycles. The second-order valence-corrected chi connectivity index (χ2v) is 11.5. The highest BCUT2D eigenvalue weighted by Crippen LogP contribution is 2.22. The first-order valence-corrected chi connectivity index (χ1v) is 15.5. The zero-order valence-corrected chi connectivity index (χ0v) is 27.3. The van der Waals surface area contributed by atoms with E-state index in [1.54, 1.807) is 44.2 Å². The van der Waals surface area contributed by atoms with Crippen LogP contribution in [0.2, 0.25) is 0 Å². The third kappa shape index (κ3) is 13.5. The maximum absolute atomic E-state index is 13.7. The number of phenolic OH excluding ortho intramolecular Hbond substituents is 1. The van der Waals surface area contributed by atoms with Crippen molar-refractivity contribution in [3.8, 4) is 5.75 Å². The van der Waals surface area contributed by atoms with Crippen LogP contribution in [0.25, 0.3) is 0 Å². The zero-order valence-electron chi connectivity index (χ0n) is 27.3. The number of hydrogen-bond donors (Lipinski definition) is 10. The van der Waals surface area contributed by atoms with Crippen LogP contribution in [0.5, 0.6) is 5.75 Å². The monoisotopic (exact) mass is 668 g/mol. The fourth-order valence-electron chi connectivity index (χ4n) is 5.00. The summed E-state index contributed by atoms with van der Waals surface area (Å²) < 4.78 is 0. The molecular weight excluding hydrogens is 620 g/mol. The second kappa shape index (κ2) is 19.3. The average molecular weight is 669 g/mol. The van der Waals surface area contributed by atoms with E-state index in [0.717, 1.165) is 0 Å². The third-order valence-electron chi connectivity index (χ3n) is 7.50. The number of carboxylic acid groups (broad SMARTS) is 1. The van der Waals surface area contributed by atoms with Gasteiger partial charge in [0.15, 0.2) is 11.9 Å². The lowest BCUT2D eigenvalue weighted by Crippen LogP contribution is -2.57. The van der Waals surface area contributed by atoms with Gasteiger partial charge in [-0.2, -0.15) is 0 Å². The normalized spacial score (nSPS) is 13.2. The van der Waals surface area contributed by atoms with Gasteiger partial charge in [0.25, 0.3) is 0 Å². The fraction of sp³-hybridized carbons (Fsp3) is 0.438. The summed E-state index contributed by atoms with van der Waals surface area (Å²) in [7, 11) is 0. The summed E-state index contributed by atoms with van der Waals surface area (Å²) in [4.78, 5) is 60.4. The number of rotatable bonds is 19. The van der Waals surface area contributed by atoms with Gasteiger partial charge in [-0.15, -0.1) is 0 Å². The summed E-state index contributed by atoms with van der Waals surface area (Å²) in [6.07, 6.45) is 1.03. The Kier molecular flexibility index (Phi) is 15.6. The Labute approximate surface area is 279 Å². The van der Waals surface area contributed by atoms with E-state index in [0.29, 0.717) is 35.1 Å². The quantitative estimate of drug-likeness (QED) is 0.0480. The lowest BCUT2D eigenvalue weighted by molar-refractivity contribution is -0.142. The minimum absolute atomic E-state index is 0.0288. The summed E-state index contributed by atoms with van der Waals surface area (Å²) in [6.45, 7) is 3.92. The Morgan fingerprint density at radius 2 is 1.23 bits per heavy atom. The number of aliphatic carboxylic acids is 1. The molecule has 48 heavy (non-hydrogen) atoms. The van der Waals surface area contributed by atoms with Gasteiger partial charge in [0, 0.05) is 25.9 Å². The second-order valence-electron chi connectivity index (χ2n) is 11.5. The lowest BCUT2D eigenvalue weighted by atomic mass is 9.95. The SMILES string of the molecule is Cc1cc(O)cc(C)c1C[C@H](NC(=O)[C@H](Cc1ccccc1)NC(=O)[C@H](CCCN=C(N)N)NC(=O)[C@@H](N)CCCN=C(N)N)C(=O)O. The molecule has 0 bridgehead atoms. The maximum atomic E-state index is 13.7. The Morgan fingerprint density at radius 1 is 0.729 bits per heavy atom. The number of benzene rings is 2. The molecule has 0 unspecified atom stereocenters. The highest BCUT2D eigenvalue weighted by Gasteiger charge is 2.31. The summed E-state index contributed by atoms with van der Waals surface area (Å²) in [6, 6.07) is 7.22. The smallest absolute Gasteiger partial charge is 0.326 e. The largest absolute Gasteiger partial charge is 0.508 e. The molecule has 4 atom stereocenters. The zero-order chi connectivity index (χ0) is 35.8. The van der Waals surface area contributed by atoms with Gasteiger partial charge in [-0.3, -0.25) is 24.4 Å². The van der Waals surface area contributed by atoms with E-state index in [1.165, 1.54) is 12.1 Å². The van der Waals surface area contributed by atoms with Crippen molar-refractivity contribution in [1.29, 1.82) is 0 Å². The van der Waals surface area contributed by atoms with Gasteiger partial charge < -0.3 is 54.8 Å². The standard InChI is InChI=1S/C32H48N10O6/c1-18-14-21(43)15-19(2)22(18)17-26(30(47)48)42-29(46)25(16-20-8-4-3-5-9-20)41-28(45)24(11-7-13-39-32(36)37)40-27(44)23(33)10-6-12-38-31(34)35/h3-5,8-9,14-15,23-26,43H,6-7,10-13,16-17,33H2,1-2H3,(H,40,44)(H,41,45)(H,42,46)(H,47,48)(H4,34,35,38)(H4,36,37,39)/t23-,24-,25-,26-/m0/s1. The minimum Gasteiger partial charge on any atom is -0.508 e. The molecule has 0 spiro atoms. The van der Waals surface area contributed by atoms with Crippen LogP contribution in [0.4, 0.5) is 0 Å². The molecule has 2 aromatic rings. The van der Waals surface area contributed by atoms with Gasteiger partial charge in [0.2, 0.25) is 17.7 Å². The molecule has 2 rings (SSSR count). The van der Waals surface area contributed by atoms with Gasteiger partial charge in [-0.1, -0.05) is 30.3 Å². The molecule has 0 fully saturated rings. The van der Waals surface area contributed by atoms with Crippen molar-refractivity contribution >= 4 is 35.6 Å². The molecule has 262 valence electrons. The average Bonchev–Trinajstić information content (AvgIpc) is 3.01. The van der Waals surface area contributed by atoms with E-state index < -0.39 is 47.9 Å². The highest BCUT2D eigenvalue weighted by molar-refractivity contribution is 5.94. The van der Waals surface area contributed by atoms with Crippen molar-refractivity contribution in [2.24, 2.45) is 38.7 Å². The number of aromatic hydroxyl groups is 1. The Balaban J connectivity index is 2.29. The van der Waals surface area contributed by atoms with Crippen LogP contribution >= 0.6 is 0 Å². The van der Waals surface area contributed by atoms with Crippen molar-refractivity contribution in [1.82, 2.24) is 16.0 Å². The fourth-order valence-corrected chi connectivity index (χ4v) is 5.00. The van der Waals surface area contributed by atoms with Crippen LogP contribution in [-0.2, 0) is 32.0 Å². The number of amides is 3. The van der Waals surface area contributed by atoms with Gasteiger partial charge in [-0.05, 0) is 73.9 Å². The number of carbonyl (C=O) groups excluding carboxylic acids is 3. The molecule has 0 aliphatic heterocycles. The van der Waals surface area contributed by atoms with Crippen LogP contribution in [0.1, 0.15) is 47.9 Å². The number of hydrogen-bond acceptors (Lipinski definition) is 8. The summed E-state index contributed by atoms with van der Waals surface area (Å²) in [5.41, 5.74) is 30.2. The molecule has 0 saturated heterocycles. The summed E-state index contributed by atoms with van der Waals surface area (Å²) in [5, 5.41) is 27.8. The first-order chi connectivity index (χ1) is 22.7.